The van der Waals surface area contributed by atoms with Crippen molar-refractivity contribution in [2.45, 2.75) is 13.3 Å². The number of aliphatic hydroxyl groups excluding tert-OH is 1. The molecule has 1 rings (SSSR count). The lowest BCUT2D eigenvalue weighted by Gasteiger charge is -2.24. The van der Waals surface area contributed by atoms with E-state index in [4.69, 9.17) is 10.8 Å². The van der Waals surface area contributed by atoms with E-state index in [9.17, 15) is 4.79 Å². The molecule has 4 N–H and O–H groups in total. The van der Waals surface area contributed by atoms with Crippen LogP contribution in [0.4, 0.5) is 11.4 Å². The molecule has 0 bridgehead atoms. The first-order valence-electron chi connectivity index (χ1n) is 6.11. The van der Waals surface area contributed by atoms with E-state index in [0.29, 0.717) is 17.7 Å². The molecular formula is C13H21N3O2. The Kier molecular flexibility index (Phi) is 5.45. The Balaban J connectivity index is 2.92. The number of carbonyl (C=O) groups excluding carboxylic acids is 1. The lowest BCUT2D eigenvalue weighted by Crippen LogP contribution is -2.26. The third-order valence-corrected chi connectivity index (χ3v) is 2.83. The number of carbonyl (C=O) groups is 1. The number of aliphatic hydroxyl groups is 1. The zero-order valence-electron chi connectivity index (χ0n) is 10.9. The van der Waals surface area contributed by atoms with Crippen LogP contribution in [0.15, 0.2) is 18.2 Å². The topological polar surface area (TPSA) is 78.6 Å². The minimum absolute atomic E-state index is 0.147. The van der Waals surface area contributed by atoms with E-state index in [-0.39, 0.29) is 12.5 Å². The van der Waals surface area contributed by atoms with Gasteiger partial charge in [-0.25, -0.2) is 0 Å². The maximum absolute atomic E-state index is 11.5. The van der Waals surface area contributed by atoms with Crippen LogP contribution >= 0.6 is 0 Å². The summed E-state index contributed by atoms with van der Waals surface area (Å²) in [6.07, 6.45) is 0.699. The van der Waals surface area contributed by atoms with Gasteiger partial charge in [0.2, 0.25) is 0 Å². The molecule has 0 aliphatic rings. The van der Waals surface area contributed by atoms with Crippen LogP contribution in [0.3, 0.4) is 0 Å². The molecule has 0 saturated heterocycles. The fourth-order valence-corrected chi connectivity index (χ4v) is 1.84. The molecule has 0 fully saturated rings. The fraction of sp³-hybridized carbons (Fsp3) is 0.462. The van der Waals surface area contributed by atoms with Gasteiger partial charge in [-0.15, -0.1) is 0 Å². The SMILES string of the molecule is CCN(CCCO)c1ccc(C(=O)NC)cc1N. The molecule has 1 aromatic carbocycles. The van der Waals surface area contributed by atoms with Gasteiger partial charge < -0.3 is 21.1 Å². The maximum atomic E-state index is 11.5. The minimum Gasteiger partial charge on any atom is -0.397 e. The Morgan fingerprint density at radius 3 is 2.72 bits per heavy atom. The van der Waals surface area contributed by atoms with Crippen LogP contribution < -0.4 is 16.0 Å². The van der Waals surface area contributed by atoms with Crippen molar-refractivity contribution < 1.29 is 9.90 Å². The Hall–Kier alpha value is -1.75. The predicted octanol–water partition coefficient (Wildman–Crippen LogP) is 0.837. The highest BCUT2D eigenvalue weighted by Gasteiger charge is 2.10. The second kappa shape index (κ2) is 6.86. The van der Waals surface area contributed by atoms with Crippen molar-refractivity contribution in [1.29, 1.82) is 0 Å². The van der Waals surface area contributed by atoms with Gasteiger partial charge in [0, 0.05) is 32.3 Å². The molecule has 5 heteroatoms. The number of hydrogen-bond acceptors (Lipinski definition) is 4. The Morgan fingerprint density at radius 2 is 2.22 bits per heavy atom. The highest BCUT2D eigenvalue weighted by atomic mass is 16.3. The van der Waals surface area contributed by atoms with Gasteiger partial charge in [0.15, 0.2) is 0 Å². The molecule has 5 nitrogen and oxygen atoms in total. The molecular weight excluding hydrogens is 230 g/mol. The summed E-state index contributed by atoms with van der Waals surface area (Å²) in [6.45, 7) is 3.75. The number of hydrogen-bond donors (Lipinski definition) is 3. The van der Waals surface area contributed by atoms with Gasteiger partial charge in [-0.2, -0.15) is 0 Å². The van der Waals surface area contributed by atoms with Crippen molar-refractivity contribution in [3.8, 4) is 0 Å². The molecule has 0 unspecified atom stereocenters. The van der Waals surface area contributed by atoms with E-state index < -0.39 is 0 Å². The number of nitrogens with zero attached hydrogens (tertiary/aromatic N) is 1. The summed E-state index contributed by atoms with van der Waals surface area (Å²) in [5.41, 5.74) is 8.01. The fourth-order valence-electron chi connectivity index (χ4n) is 1.84. The molecule has 0 atom stereocenters. The van der Waals surface area contributed by atoms with E-state index in [2.05, 4.69) is 10.2 Å². The largest absolute Gasteiger partial charge is 0.397 e. The molecule has 0 aliphatic heterocycles. The Labute approximate surface area is 108 Å². The number of nitrogens with two attached hydrogens (primary N) is 1. The van der Waals surface area contributed by atoms with Gasteiger partial charge in [-0.1, -0.05) is 0 Å². The Bertz CT molecular complexity index is 407. The molecule has 0 heterocycles. The highest BCUT2D eigenvalue weighted by molar-refractivity contribution is 5.96. The average molecular weight is 251 g/mol. The van der Waals surface area contributed by atoms with Gasteiger partial charge in [0.25, 0.3) is 5.91 Å². The van der Waals surface area contributed by atoms with E-state index >= 15 is 0 Å². The highest BCUT2D eigenvalue weighted by Crippen LogP contribution is 2.24. The summed E-state index contributed by atoms with van der Waals surface area (Å²) in [7, 11) is 1.59. The van der Waals surface area contributed by atoms with E-state index in [1.807, 2.05) is 13.0 Å². The summed E-state index contributed by atoms with van der Waals surface area (Å²) in [5, 5.41) is 11.4. The zero-order valence-corrected chi connectivity index (χ0v) is 10.9. The first-order chi connectivity index (χ1) is 8.63. The monoisotopic (exact) mass is 251 g/mol. The quantitative estimate of drug-likeness (QED) is 0.655. The smallest absolute Gasteiger partial charge is 0.251 e. The molecule has 1 amide bonds. The summed E-state index contributed by atoms with van der Waals surface area (Å²) in [5.74, 6) is -0.147. The standard InChI is InChI=1S/C13H21N3O2/c1-3-16(7-4-8-17)12-6-5-10(9-11(12)14)13(18)15-2/h5-6,9,17H,3-4,7-8,14H2,1-2H3,(H,15,18). The van der Waals surface area contributed by atoms with Gasteiger partial charge in [-0.3, -0.25) is 4.79 Å². The molecule has 100 valence electrons. The third kappa shape index (κ3) is 3.37. The van der Waals surface area contributed by atoms with E-state index in [0.717, 1.165) is 18.8 Å². The molecule has 0 aliphatic carbocycles. The lowest BCUT2D eigenvalue weighted by atomic mass is 10.1. The van der Waals surface area contributed by atoms with Crippen molar-refractivity contribution in [2.75, 3.05) is 37.4 Å². The van der Waals surface area contributed by atoms with Crippen molar-refractivity contribution in [3.63, 3.8) is 0 Å². The second-order valence-electron chi connectivity index (χ2n) is 4.01. The van der Waals surface area contributed by atoms with Crippen LogP contribution in [0, 0.1) is 0 Å². The first-order valence-corrected chi connectivity index (χ1v) is 6.11. The normalized spacial score (nSPS) is 10.2. The van der Waals surface area contributed by atoms with Crippen LogP contribution in [0.25, 0.3) is 0 Å². The number of rotatable bonds is 6. The summed E-state index contributed by atoms with van der Waals surface area (Å²) in [6, 6.07) is 5.28. The number of amides is 1. The summed E-state index contributed by atoms with van der Waals surface area (Å²) < 4.78 is 0. The molecule has 0 spiro atoms. The number of nitrogen functional groups attached to an aromatic ring is 1. The number of anilines is 2. The predicted molar refractivity (Wildman–Crippen MR) is 73.8 cm³/mol. The summed E-state index contributed by atoms with van der Waals surface area (Å²) >= 11 is 0. The maximum Gasteiger partial charge on any atom is 0.251 e. The van der Waals surface area contributed by atoms with Crippen molar-refractivity contribution >= 4 is 17.3 Å². The molecule has 0 radical (unpaired) electrons. The zero-order chi connectivity index (χ0) is 13.5. The summed E-state index contributed by atoms with van der Waals surface area (Å²) in [4.78, 5) is 13.6. The van der Waals surface area contributed by atoms with Gasteiger partial charge in [-0.05, 0) is 31.5 Å². The van der Waals surface area contributed by atoms with Crippen molar-refractivity contribution in [1.82, 2.24) is 5.32 Å². The van der Waals surface area contributed by atoms with Crippen LogP contribution in [0.2, 0.25) is 0 Å². The average Bonchev–Trinajstić information content (AvgIpc) is 2.40. The first kappa shape index (κ1) is 14.3. The van der Waals surface area contributed by atoms with Crippen molar-refractivity contribution in [3.05, 3.63) is 23.8 Å². The van der Waals surface area contributed by atoms with Gasteiger partial charge >= 0.3 is 0 Å². The van der Waals surface area contributed by atoms with Crippen LogP contribution in [-0.2, 0) is 0 Å². The van der Waals surface area contributed by atoms with Crippen molar-refractivity contribution in [2.24, 2.45) is 0 Å². The molecule has 0 saturated carbocycles. The number of nitrogens with one attached hydrogen (secondary N) is 1. The lowest BCUT2D eigenvalue weighted by molar-refractivity contribution is 0.0963. The Morgan fingerprint density at radius 1 is 1.50 bits per heavy atom. The molecule has 18 heavy (non-hydrogen) atoms. The van der Waals surface area contributed by atoms with E-state index in [1.54, 1.807) is 19.2 Å². The van der Waals surface area contributed by atoms with Gasteiger partial charge in [0.05, 0.1) is 11.4 Å². The molecule has 1 aromatic rings. The second-order valence-corrected chi connectivity index (χ2v) is 4.01. The van der Waals surface area contributed by atoms with E-state index in [1.165, 1.54) is 0 Å². The third-order valence-electron chi connectivity index (χ3n) is 2.83. The van der Waals surface area contributed by atoms with Crippen LogP contribution in [0.5, 0.6) is 0 Å². The minimum atomic E-state index is -0.147. The van der Waals surface area contributed by atoms with Crippen LogP contribution in [-0.4, -0.2) is 37.8 Å². The van der Waals surface area contributed by atoms with Crippen LogP contribution in [0.1, 0.15) is 23.7 Å². The molecule has 0 aromatic heterocycles. The number of benzene rings is 1. The van der Waals surface area contributed by atoms with Gasteiger partial charge in [0.1, 0.15) is 0 Å².